The van der Waals surface area contributed by atoms with Crippen LogP contribution in [0.4, 0.5) is 5.82 Å². The van der Waals surface area contributed by atoms with Gasteiger partial charge in [0.05, 0.1) is 12.4 Å². The number of fused-ring (bicyclic) bond motifs is 1. The van der Waals surface area contributed by atoms with Gasteiger partial charge in [-0.25, -0.2) is 0 Å². The van der Waals surface area contributed by atoms with E-state index in [0.29, 0.717) is 18.6 Å². The number of aliphatic carboxylic acids is 1. The van der Waals surface area contributed by atoms with Crippen molar-refractivity contribution in [1.82, 2.24) is 25.0 Å². The van der Waals surface area contributed by atoms with E-state index < -0.39 is 5.97 Å². The molecule has 0 aromatic carbocycles. The maximum Gasteiger partial charge on any atom is 0.303 e. The van der Waals surface area contributed by atoms with Gasteiger partial charge in [0.2, 0.25) is 0 Å². The van der Waals surface area contributed by atoms with Crippen LogP contribution in [0.2, 0.25) is 0 Å². The fraction of sp³-hybridized carbons (Fsp3) is 0.545. The van der Waals surface area contributed by atoms with E-state index in [1.165, 1.54) is 0 Å². The summed E-state index contributed by atoms with van der Waals surface area (Å²) in [6.07, 6.45) is 3.97. The van der Waals surface area contributed by atoms with Crippen molar-refractivity contribution in [2.75, 3.05) is 11.4 Å². The van der Waals surface area contributed by atoms with E-state index in [4.69, 9.17) is 5.11 Å². The lowest BCUT2D eigenvalue weighted by molar-refractivity contribution is -0.137. The molecule has 1 N–H and O–H groups in total. The van der Waals surface area contributed by atoms with Crippen molar-refractivity contribution in [3.05, 3.63) is 12.4 Å². The fourth-order valence-electron chi connectivity index (χ4n) is 1.90. The van der Waals surface area contributed by atoms with Crippen molar-refractivity contribution in [3.63, 3.8) is 0 Å². The SMILES string of the molecule is CC(C)N(CCCC(=O)O)c1cncc2nnnn12. The summed E-state index contributed by atoms with van der Waals surface area (Å²) in [6.45, 7) is 4.68. The maximum atomic E-state index is 10.6. The number of carbonyl (C=O) groups is 1. The molecule has 8 heteroatoms. The number of hydrogen-bond acceptors (Lipinski definition) is 6. The van der Waals surface area contributed by atoms with E-state index >= 15 is 0 Å². The molecule has 0 saturated carbocycles. The molecule has 0 aliphatic carbocycles. The van der Waals surface area contributed by atoms with E-state index in [9.17, 15) is 4.79 Å². The van der Waals surface area contributed by atoms with Crippen molar-refractivity contribution in [1.29, 1.82) is 0 Å². The maximum absolute atomic E-state index is 10.6. The van der Waals surface area contributed by atoms with Gasteiger partial charge in [0, 0.05) is 19.0 Å². The number of nitrogens with zero attached hydrogens (tertiary/aromatic N) is 6. The van der Waals surface area contributed by atoms with Crippen molar-refractivity contribution >= 4 is 17.4 Å². The Hall–Kier alpha value is -2.25. The third kappa shape index (κ3) is 2.95. The number of hydrogen-bond donors (Lipinski definition) is 1. The summed E-state index contributed by atoms with van der Waals surface area (Å²) in [7, 11) is 0. The second-order valence-electron chi connectivity index (χ2n) is 4.50. The number of aromatic nitrogens is 5. The third-order valence-corrected chi connectivity index (χ3v) is 2.80. The highest BCUT2D eigenvalue weighted by Crippen LogP contribution is 2.16. The zero-order chi connectivity index (χ0) is 13.8. The van der Waals surface area contributed by atoms with Crippen LogP contribution in [0.1, 0.15) is 26.7 Å². The Kier molecular flexibility index (Phi) is 3.88. The zero-order valence-corrected chi connectivity index (χ0v) is 10.9. The van der Waals surface area contributed by atoms with Crippen LogP contribution in [-0.4, -0.2) is 48.7 Å². The Morgan fingerprint density at radius 2 is 2.26 bits per heavy atom. The van der Waals surface area contributed by atoms with E-state index in [2.05, 4.69) is 20.5 Å². The smallest absolute Gasteiger partial charge is 0.303 e. The summed E-state index contributed by atoms with van der Waals surface area (Å²) in [5, 5.41) is 20.1. The number of anilines is 1. The fourth-order valence-corrected chi connectivity index (χ4v) is 1.90. The Morgan fingerprint density at radius 3 is 2.95 bits per heavy atom. The van der Waals surface area contributed by atoms with Crippen LogP contribution in [0.3, 0.4) is 0 Å². The van der Waals surface area contributed by atoms with Gasteiger partial charge in [0.25, 0.3) is 0 Å². The summed E-state index contributed by atoms with van der Waals surface area (Å²) in [4.78, 5) is 16.7. The molecule has 19 heavy (non-hydrogen) atoms. The molecule has 0 unspecified atom stereocenters. The molecule has 0 saturated heterocycles. The Labute approximate surface area is 110 Å². The molecular weight excluding hydrogens is 248 g/mol. The van der Waals surface area contributed by atoms with Crippen LogP contribution in [0.5, 0.6) is 0 Å². The van der Waals surface area contributed by atoms with Gasteiger partial charge in [-0.1, -0.05) is 0 Å². The lowest BCUT2D eigenvalue weighted by atomic mass is 10.2. The normalized spacial score (nSPS) is 11.1. The lowest BCUT2D eigenvalue weighted by Gasteiger charge is -2.28. The minimum absolute atomic E-state index is 0.141. The molecule has 8 nitrogen and oxygen atoms in total. The van der Waals surface area contributed by atoms with Gasteiger partial charge in [-0.05, 0) is 30.7 Å². The van der Waals surface area contributed by atoms with Crippen LogP contribution in [0.25, 0.3) is 5.65 Å². The second-order valence-corrected chi connectivity index (χ2v) is 4.50. The van der Waals surface area contributed by atoms with Gasteiger partial charge >= 0.3 is 5.97 Å². The van der Waals surface area contributed by atoms with E-state index in [1.807, 2.05) is 18.7 Å². The van der Waals surface area contributed by atoms with Crippen LogP contribution < -0.4 is 4.90 Å². The first-order valence-corrected chi connectivity index (χ1v) is 6.10. The van der Waals surface area contributed by atoms with Crippen molar-refractivity contribution < 1.29 is 9.90 Å². The third-order valence-electron chi connectivity index (χ3n) is 2.80. The average molecular weight is 264 g/mol. The molecule has 2 aromatic rings. The van der Waals surface area contributed by atoms with Crippen LogP contribution >= 0.6 is 0 Å². The summed E-state index contributed by atoms with van der Waals surface area (Å²) in [5.41, 5.74) is 0.571. The van der Waals surface area contributed by atoms with E-state index in [-0.39, 0.29) is 12.5 Å². The Morgan fingerprint density at radius 1 is 1.47 bits per heavy atom. The number of rotatable bonds is 6. The number of tetrazole rings is 1. The van der Waals surface area contributed by atoms with E-state index in [1.54, 1.807) is 16.9 Å². The molecule has 0 radical (unpaired) electrons. The molecule has 0 bridgehead atoms. The predicted molar refractivity (Wildman–Crippen MR) is 67.9 cm³/mol. The van der Waals surface area contributed by atoms with Crippen molar-refractivity contribution in [2.45, 2.75) is 32.7 Å². The summed E-state index contributed by atoms with van der Waals surface area (Å²) < 4.78 is 1.60. The largest absolute Gasteiger partial charge is 0.481 e. The topological polar surface area (TPSA) is 96.5 Å². The Balaban J connectivity index is 2.23. The van der Waals surface area contributed by atoms with Gasteiger partial charge in [0.1, 0.15) is 0 Å². The minimum atomic E-state index is -0.789. The summed E-state index contributed by atoms with van der Waals surface area (Å²) in [6, 6.07) is 0.199. The average Bonchev–Trinajstić information content (AvgIpc) is 2.82. The lowest BCUT2D eigenvalue weighted by Crippen LogP contribution is -2.33. The number of carboxylic acids is 1. The van der Waals surface area contributed by atoms with Gasteiger partial charge in [-0.2, -0.15) is 4.52 Å². The number of carboxylic acid groups (broad SMARTS) is 1. The van der Waals surface area contributed by atoms with Gasteiger partial charge in [0.15, 0.2) is 11.5 Å². The zero-order valence-electron chi connectivity index (χ0n) is 10.9. The Bertz CT molecular complexity index is 567. The molecule has 102 valence electrons. The molecule has 0 aliphatic rings. The standard InChI is InChI=1S/C11H16N6O2/c1-8(2)16(5-3-4-11(18)19)10-7-12-6-9-13-14-15-17(9)10/h6-8H,3-5H2,1-2H3,(H,18,19). The first-order chi connectivity index (χ1) is 9.09. The van der Waals surface area contributed by atoms with Crippen LogP contribution in [0, 0.1) is 0 Å². The van der Waals surface area contributed by atoms with Gasteiger partial charge in [-0.3, -0.25) is 9.78 Å². The molecule has 2 rings (SSSR count). The monoisotopic (exact) mass is 264 g/mol. The molecule has 0 spiro atoms. The molecule has 2 heterocycles. The molecule has 2 aromatic heterocycles. The molecule has 0 atom stereocenters. The summed E-state index contributed by atoms with van der Waals surface area (Å²) >= 11 is 0. The van der Waals surface area contributed by atoms with E-state index in [0.717, 1.165) is 5.82 Å². The van der Waals surface area contributed by atoms with Gasteiger partial charge < -0.3 is 10.0 Å². The summed E-state index contributed by atoms with van der Waals surface area (Å²) in [5.74, 6) is -0.0228. The molecule has 0 aliphatic heterocycles. The highest BCUT2D eigenvalue weighted by Gasteiger charge is 2.15. The minimum Gasteiger partial charge on any atom is -0.481 e. The quantitative estimate of drug-likeness (QED) is 0.815. The van der Waals surface area contributed by atoms with Crippen LogP contribution in [-0.2, 0) is 4.79 Å². The highest BCUT2D eigenvalue weighted by atomic mass is 16.4. The van der Waals surface area contributed by atoms with Gasteiger partial charge in [-0.15, -0.1) is 5.10 Å². The second kappa shape index (κ2) is 5.59. The highest BCUT2D eigenvalue weighted by molar-refractivity contribution is 5.66. The first kappa shape index (κ1) is 13.2. The van der Waals surface area contributed by atoms with Crippen LogP contribution in [0.15, 0.2) is 12.4 Å². The molecule has 0 fully saturated rings. The molecule has 0 amide bonds. The molecular formula is C11H16N6O2. The predicted octanol–water partition coefficient (Wildman–Crippen LogP) is 0.599. The first-order valence-electron chi connectivity index (χ1n) is 6.10. The van der Waals surface area contributed by atoms with Crippen molar-refractivity contribution in [3.8, 4) is 0 Å². The van der Waals surface area contributed by atoms with Crippen molar-refractivity contribution in [2.24, 2.45) is 0 Å².